The van der Waals surface area contributed by atoms with Crippen LogP contribution in [0.2, 0.25) is 0 Å². The van der Waals surface area contributed by atoms with Crippen LogP contribution in [0.4, 0.5) is 4.79 Å². The number of carbonyl (C=O) groups excluding carboxylic acids is 1. The Morgan fingerprint density at radius 1 is 1.09 bits per heavy atom. The van der Waals surface area contributed by atoms with Crippen molar-refractivity contribution in [2.24, 2.45) is 0 Å². The normalized spacial score (nSPS) is 9.74. The van der Waals surface area contributed by atoms with Crippen LogP contribution in [0.15, 0.2) is 48.5 Å². The summed E-state index contributed by atoms with van der Waals surface area (Å²) >= 11 is 0. The van der Waals surface area contributed by atoms with Crippen molar-refractivity contribution in [1.82, 2.24) is 5.32 Å². The van der Waals surface area contributed by atoms with E-state index >= 15 is 0 Å². The lowest BCUT2D eigenvalue weighted by atomic mass is 10.1. The molecular formula is C18H18N2O3. The van der Waals surface area contributed by atoms with Gasteiger partial charge in [0.05, 0.1) is 18.2 Å². The molecule has 0 saturated carbocycles. The van der Waals surface area contributed by atoms with Crippen molar-refractivity contribution in [1.29, 1.82) is 5.26 Å². The number of ether oxygens (including phenoxy) is 2. The zero-order valence-corrected chi connectivity index (χ0v) is 12.9. The molecule has 0 saturated heterocycles. The van der Waals surface area contributed by atoms with Crippen molar-refractivity contribution in [3.8, 4) is 17.6 Å². The van der Waals surface area contributed by atoms with Crippen LogP contribution in [0.25, 0.3) is 0 Å². The van der Waals surface area contributed by atoms with E-state index < -0.39 is 6.09 Å². The van der Waals surface area contributed by atoms with Gasteiger partial charge < -0.3 is 14.8 Å². The standard InChI is InChI=1S/C18H18N2O3/c1-2-22-18(21)20-12-11-14-3-7-16(8-4-14)23-17-9-5-15(13-19)6-10-17/h3-10H,2,11-12H2,1H3,(H,20,21). The first-order valence-corrected chi connectivity index (χ1v) is 7.39. The molecule has 1 N–H and O–H groups in total. The van der Waals surface area contributed by atoms with E-state index in [0.717, 1.165) is 17.7 Å². The monoisotopic (exact) mass is 310 g/mol. The van der Waals surface area contributed by atoms with Crippen molar-refractivity contribution in [3.63, 3.8) is 0 Å². The summed E-state index contributed by atoms with van der Waals surface area (Å²) in [5, 5.41) is 11.4. The van der Waals surface area contributed by atoms with E-state index in [0.29, 0.717) is 24.5 Å². The number of nitrogens with one attached hydrogen (secondary N) is 1. The van der Waals surface area contributed by atoms with Crippen LogP contribution in [-0.4, -0.2) is 19.2 Å². The molecule has 0 aromatic heterocycles. The summed E-state index contributed by atoms with van der Waals surface area (Å²) in [4.78, 5) is 11.2. The smallest absolute Gasteiger partial charge is 0.407 e. The summed E-state index contributed by atoms with van der Waals surface area (Å²) < 4.78 is 10.5. The molecule has 0 spiro atoms. The van der Waals surface area contributed by atoms with Crippen molar-refractivity contribution < 1.29 is 14.3 Å². The van der Waals surface area contributed by atoms with E-state index in [9.17, 15) is 4.79 Å². The fourth-order valence-electron chi connectivity index (χ4n) is 1.95. The van der Waals surface area contributed by atoms with E-state index in [1.54, 1.807) is 31.2 Å². The van der Waals surface area contributed by atoms with Crippen LogP contribution < -0.4 is 10.1 Å². The van der Waals surface area contributed by atoms with Gasteiger partial charge in [0.2, 0.25) is 0 Å². The Balaban J connectivity index is 1.84. The van der Waals surface area contributed by atoms with Gasteiger partial charge in [-0.2, -0.15) is 5.26 Å². The molecule has 5 nitrogen and oxygen atoms in total. The highest BCUT2D eigenvalue weighted by molar-refractivity contribution is 5.67. The summed E-state index contributed by atoms with van der Waals surface area (Å²) in [7, 11) is 0. The van der Waals surface area contributed by atoms with E-state index in [1.165, 1.54) is 0 Å². The first-order chi connectivity index (χ1) is 11.2. The molecule has 23 heavy (non-hydrogen) atoms. The van der Waals surface area contributed by atoms with Gasteiger partial charge in [-0.25, -0.2) is 4.79 Å². The molecule has 0 aliphatic rings. The summed E-state index contributed by atoms with van der Waals surface area (Å²) in [6, 6.07) is 16.7. The van der Waals surface area contributed by atoms with Gasteiger partial charge in [-0.05, 0) is 55.3 Å². The molecule has 2 aromatic rings. The van der Waals surface area contributed by atoms with Crippen molar-refractivity contribution in [3.05, 3.63) is 59.7 Å². The van der Waals surface area contributed by atoms with E-state index in [4.69, 9.17) is 14.7 Å². The Hall–Kier alpha value is -3.00. The van der Waals surface area contributed by atoms with Crippen molar-refractivity contribution in [2.75, 3.05) is 13.2 Å². The predicted molar refractivity (Wildman–Crippen MR) is 86.4 cm³/mol. The maximum atomic E-state index is 11.2. The van der Waals surface area contributed by atoms with Crippen molar-refractivity contribution in [2.45, 2.75) is 13.3 Å². The number of amides is 1. The minimum atomic E-state index is -0.395. The van der Waals surface area contributed by atoms with Crippen LogP contribution in [0.3, 0.4) is 0 Å². The second-order valence-corrected chi connectivity index (χ2v) is 4.78. The molecule has 0 atom stereocenters. The van der Waals surface area contributed by atoms with Gasteiger partial charge in [0.1, 0.15) is 11.5 Å². The number of nitrogens with zero attached hydrogens (tertiary/aromatic N) is 1. The Bertz CT molecular complexity index is 673. The second kappa shape index (κ2) is 8.44. The molecule has 2 aromatic carbocycles. The topological polar surface area (TPSA) is 71.3 Å². The first-order valence-electron chi connectivity index (χ1n) is 7.39. The summed E-state index contributed by atoms with van der Waals surface area (Å²) in [6.45, 7) is 2.66. The summed E-state index contributed by atoms with van der Waals surface area (Å²) in [5.74, 6) is 1.40. The molecule has 0 radical (unpaired) electrons. The Morgan fingerprint density at radius 3 is 2.26 bits per heavy atom. The van der Waals surface area contributed by atoms with Gasteiger partial charge in [-0.15, -0.1) is 0 Å². The van der Waals surface area contributed by atoms with Gasteiger partial charge in [-0.1, -0.05) is 12.1 Å². The van der Waals surface area contributed by atoms with Crippen LogP contribution >= 0.6 is 0 Å². The van der Waals surface area contributed by atoms with Gasteiger partial charge in [-0.3, -0.25) is 0 Å². The van der Waals surface area contributed by atoms with Gasteiger partial charge >= 0.3 is 6.09 Å². The quantitative estimate of drug-likeness (QED) is 0.884. The molecule has 5 heteroatoms. The fourth-order valence-corrected chi connectivity index (χ4v) is 1.95. The zero-order valence-electron chi connectivity index (χ0n) is 12.9. The Kier molecular flexibility index (Phi) is 6.01. The number of carbonyl (C=O) groups is 1. The zero-order chi connectivity index (χ0) is 16.5. The van der Waals surface area contributed by atoms with Gasteiger partial charge in [0.15, 0.2) is 0 Å². The van der Waals surface area contributed by atoms with Crippen molar-refractivity contribution >= 4 is 6.09 Å². The highest BCUT2D eigenvalue weighted by atomic mass is 16.5. The third kappa shape index (κ3) is 5.36. The predicted octanol–water partition coefficient (Wildman–Crippen LogP) is 3.64. The molecule has 0 fully saturated rings. The second-order valence-electron chi connectivity index (χ2n) is 4.78. The third-order valence-electron chi connectivity index (χ3n) is 3.10. The number of hydrogen-bond acceptors (Lipinski definition) is 4. The largest absolute Gasteiger partial charge is 0.457 e. The number of benzene rings is 2. The fraction of sp³-hybridized carbons (Fsp3) is 0.222. The van der Waals surface area contributed by atoms with Crippen LogP contribution in [-0.2, 0) is 11.2 Å². The molecule has 0 unspecified atom stereocenters. The van der Waals surface area contributed by atoms with E-state index in [1.807, 2.05) is 24.3 Å². The number of alkyl carbamates (subject to hydrolysis) is 1. The molecule has 0 aliphatic carbocycles. The van der Waals surface area contributed by atoms with E-state index in [-0.39, 0.29) is 0 Å². The first kappa shape index (κ1) is 16.4. The lowest BCUT2D eigenvalue weighted by Crippen LogP contribution is -2.26. The van der Waals surface area contributed by atoms with Crippen LogP contribution in [0.1, 0.15) is 18.1 Å². The van der Waals surface area contributed by atoms with Crippen LogP contribution in [0, 0.1) is 11.3 Å². The maximum Gasteiger partial charge on any atom is 0.407 e. The number of hydrogen-bond donors (Lipinski definition) is 1. The Morgan fingerprint density at radius 2 is 1.70 bits per heavy atom. The SMILES string of the molecule is CCOC(=O)NCCc1ccc(Oc2ccc(C#N)cc2)cc1. The third-order valence-corrected chi connectivity index (χ3v) is 3.10. The van der Waals surface area contributed by atoms with Crippen LogP contribution in [0.5, 0.6) is 11.5 Å². The minimum Gasteiger partial charge on any atom is -0.457 e. The highest BCUT2D eigenvalue weighted by Crippen LogP contribution is 2.22. The molecule has 0 aliphatic heterocycles. The van der Waals surface area contributed by atoms with Gasteiger partial charge in [0, 0.05) is 6.54 Å². The molecule has 1 amide bonds. The average Bonchev–Trinajstić information content (AvgIpc) is 2.57. The minimum absolute atomic E-state index is 0.368. The molecule has 0 bridgehead atoms. The van der Waals surface area contributed by atoms with Gasteiger partial charge in [0.25, 0.3) is 0 Å². The Labute approximate surface area is 135 Å². The summed E-state index contributed by atoms with van der Waals surface area (Å²) in [6.07, 6.45) is 0.323. The van der Waals surface area contributed by atoms with E-state index in [2.05, 4.69) is 11.4 Å². The number of rotatable bonds is 6. The molecule has 2 rings (SSSR count). The summed E-state index contributed by atoms with van der Waals surface area (Å²) in [5.41, 5.74) is 1.69. The highest BCUT2D eigenvalue weighted by Gasteiger charge is 2.01. The lowest BCUT2D eigenvalue weighted by molar-refractivity contribution is 0.152. The lowest BCUT2D eigenvalue weighted by Gasteiger charge is -2.08. The molecular weight excluding hydrogens is 292 g/mol. The number of nitriles is 1. The molecule has 118 valence electrons. The maximum absolute atomic E-state index is 11.2. The average molecular weight is 310 g/mol. The molecule has 0 heterocycles.